The van der Waals surface area contributed by atoms with Gasteiger partial charge in [-0.15, -0.1) is 0 Å². The third-order valence-corrected chi connectivity index (χ3v) is 6.37. The van der Waals surface area contributed by atoms with Crippen LogP contribution < -0.4 is 9.47 Å². The summed E-state index contributed by atoms with van der Waals surface area (Å²) in [5.41, 5.74) is 0.512. The Morgan fingerprint density at radius 3 is 1.67 bits per heavy atom. The van der Waals surface area contributed by atoms with E-state index < -0.39 is 6.10 Å². The Bertz CT molecular complexity index is 1330. The van der Waals surface area contributed by atoms with Crippen LogP contribution >= 0.6 is 34.8 Å². The average Bonchev–Trinajstić information content (AvgIpc) is 2.88. The summed E-state index contributed by atoms with van der Waals surface area (Å²) in [7, 11) is 4.39. The van der Waals surface area contributed by atoms with Crippen molar-refractivity contribution in [3.63, 3.8) is 0 Å². The van der Waals surface area contributed by atoms with E-state index in [1.54, 1.807) is 6.08 Å². The van der Waals surface area contributed by atoms with Gasteiger partial charge in [0.2, 0.25) is 0 Å². The molecule has 1 heterocycles. The molecule has 0 aliphatic heterocycles. The molecule has 0 radical (unpaired) electrons. The van der Waals surface area contributed by atoms with E-state index in [1.165, 1.54) is 45.6 Å². The van der Waals surface area contributed by atoms with Gasteiger partial charge >= 0.3 is 0 Å². The number of benzene rings is 2. The van der Waals surface area contributed by atoms with Gasteiger partial charge in [-0.25, -0.2) is 15.0 Å². The van der Waals surface area contributed by atoms with E-state index in [9.17, 15) is 15.3 Å². The van der Waals surface area contributed by atoms with E-state index in [1.807, 2.05) is 0 Å². The number of nitrogens with zero attached hydrogens (tertiary/aromatic N) is 3. The maximum Gasteiger partial charge on any atom is 0.168 e. The quantitative estimate of drug-likeness (QED) is 0.350. The molecule has 188 valence electrons. The van der Waals surface area contributed by atoms with Crippen LogP contribution in [0.4, 0.5) is 0 Å². The molecule has 3 N–H and O–H groups in total. The molecule has 2 aromatic carbocycles. The lowest BCUT2D eigenvalue weighted by molar-refractivity contribution is 0.142. The predicted molar refractivity (Wildman–Crippen MR) is 136 cm³/mol. The Hall–Kier alpha value is -3.24. The number of aromatic nitrogens is 3. The lowest BCUT2D eigenvalue weighted by Gasteiger charge is -2.21. The van der Waals surface area contributed by atoms with Crippen molar-refractivity contribution >= 4 is 40.4 Å². The largest absolute Gasteiger partial charge is 0.506 e. The van der Waals surface area contributed by atoms with Crippen LogP contribution in [0, 0.1) is 0 Å². The van der Waals surface area contributed by atoms with Crippen LogP contribution in [0.5, 0.6) is 23.0 Å². The van der Waals surface area contributed by atoms with E-state index in [0.717, 1.165) is 0 Å². The van der Waals surface area contributed by atoms with E-state index in [4.69, 9.17) is 49.0 Å². The third-order valence-electron chi connectivity index (χ3n) is 5.48. The van der Waals surface area contributed by atoms with Crippen LogP contribution in [0.25, 0.3) is 28.3 Å². The first-order valence-electron chi connectivity index (χ1n) is 10.4. The van der Waals surface area contributed by atoms with Gasteiger partial charge in [-0.05, 0) is 18.2 Å². The minimum Gasteiger partial charge on any atom is -0.506 e. The first kappa shape index (κ1) is 25.8. The SMILES string of the molecule is COc1cc(Cl)c(O)c(-c2nc(C3=C(O)C(Cl)=CC(OC)C3)nc(-c3cc(OC)cc(Cl)c3O)n2)c1. The van der Waals surface area contributed by atoms with E-state index in [2.05, 4.69) is 15.0 Å². The number of hydrogen-bond acceptors (Lipinski definition) is 9. The summed E-state index contributed by atoms with van der Waals surface area (Å²) in [6.45, 7) is 0. The molecule has 4 rings (SSSR count). The highest BCUT2D eigenvalue weighted by molar-refractivity contribution is 6.33. The van der Waals surface area contributed by atoms with Gasteiger partial charge in [-0.3, -0.25) is 0 Å². The molecule has 9 nitrogen and oxygen atoms in total. The zero-order valence-corrected chi connectivity index (χ0v) is 21.5. The van der Waals surface area contributed by atoms with Gasteiger partial charge in [0.05, 0.1) is 46.5 Å². The summed E-state index contributed by atoms with van der Waals surface area (Å²) < 4.78 is 15.9. The molecule has 0 fully saturated rings. The van der Waals surface area contributed by atoms with Gasteiger partial charge in [0.1, 0.15) is 28.8 Å². The van der Waals surface area contributed by atoms with Gasteiger partial charge < -0.3 is 29.5 Å². The zero-order valence-electron chi connectivity index (χ0n) is 19.2. The molecule has 0 amide bonds. The molecule has 36 heavy (non-hydrogen) atoms. The Labute approximate surface area is 221 Å². The standard InChI is InChI=1S/C24H20Cl3N3O6/c1-34-10-4-13(19(31)16(25)7-10)22-28-23(14-5-11(35-2)8-17(26)20(14)32)30-24(29-22)15-6-12(36-3)9-18(27)21(15)33/h4-5,7-9,12,31-33H,6H2,1-3H3. The number of ether oxygens (including phenoxy) is 3. The summed E-state index contributed by atoms with van der Waals surface area (Å²) in [6.07, 6.45) is 1.30. The molecule has 0 saturated heterocycles. The fourth-order valence-corrected chi connectivity index (χ4v) is 4.24. The fourth-order valence-electron chi connectivity index (χ4n) is 3.57. The van der Waals surface area contributed by atoms with E-state index in [-0.39, 0.29) is 72.9 Å². The summed E-state index contributed by atoms with van der Waals surface area (Å²) in [5, 5.41) is 32.2. The highest BCUT2D eigenvalue weighted by Gasteiger charge is 2.27. The van der Waals surface area contributed by atoms with Crippen LogP contribution in [0.3, 0.4) is 0 Å². The third kappa shape index (κ3) is 4.87. The van der Waals surface area contributed by atoms with Crippen molar-refractivity contribution in [2.75, 3.05) is 21.3 Å². The smallest absolute Gasteiger partial charge is 0.168 e. The number of hydrogen-bond donors (Lipinski definition) is 3. The fraction of sp³-hybridized carbons (Fsp3) is 0.208. The highest BCUT2D eigenvalue weighted by Crippen LogP contribution is 2.42. The molecule has 1 atom stereocenters. The number of allylic oxidation sites excluding steroid dienone is 1. The number of phenolic OH excluding ortho intramolecular Hbond substituents is 2. The Balaban J connectivity index is 2.03. The highest BCUT2D eigenvalue weighted by atomic mass is 35.5. The molecule has 1 aliphatic rings. The first-order valence-corrected chi connectivity index (χ1v) is 11.5. The predicted octanol–water partition coefficient (Wildman–Crippen LogP) is 5.75. The van der Waals surface area contributed by atoms with Crippen LogP contribution in [0.2, 0.25) is 10.0 Å². The van der Waals surface area contributed by atoms with Crippen LogP contribution in [-0.2, 0) is 4.74 Å². The molecule has 0 bridgehead atoms. The summed E-state index contributed by atoms with van der Waals surface area (Å²) in [6, 6.07) is 5.84. The Kier molecular flexibility index (Phi) is 7.46. The average molecular weight is 553 g/mol. The molecule has 0 spiro atoms. The van der Waals surface area contributed by atoms with Crippen molar-refractivity contribution in [1.82, 2.24) is 15.0 Å². The lowest BCUT2D eigenvalue weighted by Crippen LogP contribution is -2.16. The van der Waals surface area contributed by atoms with Crippen LogP contribution in [-0.4, -0.2) is 57.7 Å². The number of aliphatic hydroxyl groups excluding tert-OH is 1. The van der Waals surface area contributed by atoms with Crippen molar-refractivity contribution in [2.24, 2.45) is 0 Å². The first-order chi connectivity index (χ1) is 17.2. The maximum absolute atomic E-state index is 10.7. The molecule has 3 aromatic rings. The molecule has 1 unspecified atom stereocenters. The lowest BCUT2D eigenvalue weighted by atomic mass is 10.00. The Morgan fingerprint density at radius 2 is 1.22 bits per heavy atom. The van der Waals surface area contributed by atoms with Gasteiger partial charge in [-0.2, -0.15) is 0 Å². The second kappa shape index (κ2) is 10.4. The molecular formula is C24H20Cl3N3O6. The number of aliphatic hydroxyl groups is 1. The summed E-state index contributed by atoms with van der Waals surface area (Å²) >= 11 is 18.6. The molecule has 1 aliphatic carbocycles. The molecule has 12 heteroatoms. The number of aromatic hydroxyl groups is 2. The Morgan fingerprint density at radius 1 is 0.750 bits per heavy atom. The second-order valence-electron chi connectivity index (χ2n) is 7.64. The van der Waals surface area contributed by atoms with E-state index in [0.29, 0.717) is 11.5 Å². The summed E-state index contributed by atoms with van der Waals surface area (Å²) in [4.78, 5) is 13.4. The normalized spacial score (nSPS) is 15.6. The molecule has 0 saturated carbocycles. The van der Waals surface area contributed by atoms with E-state index >= 15 is 0 Å². The van der Waals surface area contributed by atoms with Crippen LogP contribution in [0.1, 0.15) is 12.2 Å². The second-order valence-corrected chi connectivity index (χ2v) is 8.86. The van der Waals surface area contributed by atoms with Gasteiger partial charge in [0, 0.05) is 31.2 Å². The van der Waals surface area contributed by atoms with Crippen molar-refractivity contribution < 1.29 is 29.5 Å². The monoisotopic (exact) mass is 551 g/mol. The minimum atomic E-state index is -0.452. The van der Waals surface area contributed by atoms with Crippen LogP contribution in [0.15, 0.2) is 41.1 Å². The van der Waals surface area contributed by atoms with Crippen molar-refractivity contribution in [3.8, 4) is 45.8 Å². The van der Waals surface area contributed by atoms with Gasteiger partial charge in [0.25, 0.3) is 0 Å². The minimum absolute atomic E-state index is 0.00490. The topological polar surface area (TPSA) is 127 Å². The number of methoxy groups -OCH3 is 3. The molecule has 1 aromatic heterocycles. The molecular weight excluding hydrogens is 533 g/mol. The van der Waals surface area contributed by atoms with Crippen molar-refractivity contribution in [1.29, 1.82) is 0 Å². The maximum atomic E-state index is 10.7. The van der Waals surface area contributed by atoms with Gasteiger partial charge in [0.15, 0.2) is 17.5 Å². The van der Waals surface area contributed by atoms with Gasteiger partial charge in [-0.1, -0.05) is 34.8 Å². The number of rotatable bonds is 6. The van der Waals surface area contributed by atoms with Crippen molar-refractivity contribution in [3.05, 3.63) is 57.0 Å². The number of phenols is 2. The zero-order chi connectivity index (χ0) is 26.1. The number of halogens is 3. The van der Waals surface area contributed by atoms with Crippen molar-refractivity contribution in [2.45, 2.75) is 12.5 Å². The summed E-state index contributed by atoms with van der Waals surface area (Å²) in [5.74, 6) is -0.182.